The number of hydrogen-bond donors (Lipinski definition) is 1. The van der Waals surface area contributed by atoms with Crippen LogP contribution in [0.5, 0.6) is 11.5 Å². The van der Waals surface area contributed by atoms with E-state index < -0.39 is 5.54 Å². The molecule has 6 nitrogen and oxygen atoms in total. The first-order valence-electron chi connectivity index (χ1n) is 8.71. The summed E-state index contributed by atoms with van der Waals surface area (Å²) in [7, 11) is 0. The van der Waals surface area contributed by atoms with Gasteiger partial charge in [0.2, 0.25) is 0 Å². The third-order valence-electron chi connectivity index (χ3n) is 5.16. The van der Waals surface area contributed by atoms with Crippen molar-refractivity contribution in [1.82, 2.24) is 10.2 Å². The van der Waals surface area contributed by atoms with Crippen LogP contribution < -0.4 is 14.8 Å². The van der Waals surface area contributed by atoms with E-state index in [9.17, 15) is 9.59 Å². The van der Waals surface area contributed by atoms with Gasteiger partial charge in [0.1, 0.15) is 12.1 Å². The molecule has 1 atom stereocenters. The number of nitrogens with zero attached hydrogens (tertiary/aromatic N) is 1. The van der Waals surface area contributed by atoms with Crippen molar-refractivity contribution >= 4 is 11.9 Å². The lowest BCUT2D eigenvalue weighted by molar-refractivity contribution is -0.132. The number of carbonyl (C=O) groups is 2. The van der Waals surface area contributed by atoms with Gasteiger partial charge in [0.15, 0.2) is 17.6 Å². The highest BCUT2D eigenvalue weighted by Crippen LogP contribution is 2.34. The molecule has 3 aliphatic rings. The number of urea groups is 1. The van der Waals surface area contributed by atoms with Crippen molar-refractivity contribution in [3.63, 3.8) is 0 Å². The Kier molecular flexibility index (Phi) is 3.82. The molecule has 1 saturated heterocycles. The van der Waals surface area contributed by atoms with E-state index in [1.54, 1.807) is 0 Å². The van der Waals surface area contributed by atoms with E-state index in [1.165, 1.54) is 4.90 Å². The molecule has 24 heavy (non-hydrogen) atoms. The van der Waals surface area contributed by atoms with Crippen molar-refractivity contribution in [2.24, 2.45) is 0 Å². The molecule has 0 radical (unpaired) electrons. The van der Waals surface area contributed by atoms with E-state index in [2.05, 4.69) is 5.32 Å². The Balaban J connectivity index is 1.47. The molecule has 0 aromatic heterocycles. The molecule has 1 aliphatic carbocycles. The maximum atomic E-state index is 12.9. The van der Waals surface area contributed by atoms with Crippen molar-refractivity contribution < 1.29 is 19.1 Å². The Morgan fingerprint density at radius 1 is 1.08 bits per heavy atom. The average Bonchev–Trinajstić information content (AvgIpc) is 2.76. The maximum Gasteiger partial charge on any atom is 0.325 e. The standard InChI is InChI=1S/C18H22N2O4/c21-16-18(9-5-1-2-6-10-18)19-17(22)20(16)11-13-12-23-14-7-3-4-8-15(14)24-13/h3-4,7-8,13H,1-2,5-6,9-12H2,(H,19,22). The largest absolute Gasteiger partial charge is 0.486 e. The lowest BCUT2D eigenvalue weighted by Crippen LogP contribution is -2.48. The molecule has 1 aromatic rings. The lowest BCUT2D eigenvalue weighted by atomic mass is 9.90. The van der Waals surface area contributed by atoms with Crippen LogP contribution in [0.25, 0.3) is 0 Å². The van der Waals surface area contributed by atoms with Gasteiger partial charge in [0.05, 0.1) is 6.54 Å². The molecule has 1 aromatic carbocycles. The summed E-state index contributed by atoms with van der Waals surface area (Å²) >= 11 is 0. The van der Waals surface area contributed by atoms with E-state index in [-0.39, 0.29) is 24.6 Å². The molecule has 128 valence electrons. The quantitative estimate of drug-likeness (QED) is 0.846. The summed E-state index contributed by atoms with van der Waals surface area (Å²) in [6, 6.07) is 7.14. The lowest BCUT2D eigenvalue weighted by Gasteiger charge is -2.29. The van der Waals surface area contributed by atoms with Gasteiger partial charge in [-0.25, -0.2) is 4.79 Å². The molecule has 6 heteroatoms. The summed E-state index contributed by atoms with van der Waals surface area (Å²) in [5.74, 6) is 1.26. The zero-order valence-electron chi connectivity index (χ0n) is 13.6. The van der Waals surface area contributed by atoms with Crippen LogP contribution in [0.4, 0.5) is 4.79 Å². The van der Waals surface area contributed by atoms with E-state index in [0.29, 0.717) is 18.1 Å². The molecule has 2 heterocycles. The van der Waals surface area contributed by atoms with Gasteiger partial charge in [0, 0.05) is 0 Å². The normalized spacial score (nSPS) is 25.5. The second-order valence-electron chi connectivity index (χ2n) is 6.84. The van der Waals surface area contributed by atoms with Gasteiger partial charge in [-0.15, -0.1) is 0 Å². The zero-order valence-corrected chi connectivity index (χ0v) is 13.6. The Morgan fingerprint density at radius 2 is 1.79 bits per heavy atom. The summed E-state index contributed by atoms with van der Waals surface area (Å²) in [6.07, 6.45) is 5.35. The third kappa shape index (κ3) is 2.60. The fourth-order valence-corrected chi connectivity index (χ4v) is 3.87. The molecule has 2 fully saturated rings. The molecule has 3 amide bonds. The monoisotopic (exact) mass is 330 g/mol. The number of nitrogens with one attached hydrogen (secondary N) is 1. The van der Waals surface area contributed by atoms with Crippen LogP contribution in [0.2, 0.25) is 0 Å². The predicted molar refractivity (Wildman–Crippen MR) is 87.0 cm³/mol. The van der Waals surface area contributed by atoms with Gasteiger partial charge < -0.3 is 14.8 Å². The molecule has 2 aliphatic heterocycles. The van der Waals surface area contributed by atoms with Crippen LogP contribution in [0, 0.1) is 0 Å². The molecule has 1 N–H and O–H groups in total. The van der Waals surface area contributed by atoms with Crippen LogP contribution in [0.1, 0.15) is 38.5 Å². The SMILES string of the molecule is O=C1NC2(CCCCCC2)C(=O)N1CC1COc2ccccc2O1. The van der Waals surface area contributed by atoms with E-state index in [4.69, 9.17) is 9.47 Å². The van der Waals surface area contributed by atoms with E-state index in [0.717, 1.165) is 38.5 Å². The number of rotatable bonds is 2. The molecule has 1 spiro atoms. The highest BCUT2D eigenvalue weighted by molar-refractivity contribution is 6.07. The fourth-order valence-electron chi connectivity index (χ4n) is 3.87. The van der Waals surface area contributed by atoms with Gasteiger partial charge in [0.25, 0.3) is 5.91 Å². The number of carbonyl (C=O) groups excluding carboxylic acids is 2. The maximum absolute atomic E-state index is 12.9. The topological polar surface area (TPSA) is 67.9 Å². The minimum absolute atomic E-state index is 0.100. The van der Waals surface area contributed by atoms with Crippen molar-refractivity contribution in [3.8, 4) is 11.5 Å². The van der Waals surface area contributed by atoms with E-state index >= 15 is 0 Å². The van der Waals surface area contributed by atoms with Crippen LogP contribution in [0.3, 0.4) is 0 Å². The number of amides is 3. The molecular formula is C18H22N2O4. The molecule has 0 bridgehead atoms. The van der Waals surface area contributed by atoms with Crippen LogP contribution >= 0.6 is 0 Å². The summed E-state index contributed by atoms with van der Waals surface area (Å²) in [6.45, 7) is 0.557. The second kappa shape index (κ2) is 6.00. The molecular weight excluding hydrogens is 308 g/mol. The van der Waals surface area contributed by atoms with Gasteiger partial charge in [-0.2, -0.15) is 0 Å². The number of para-hydroxylation sites is 2. The number of ether oxygens (including phenoxy) is 2. The number of imide groups is 1. The number of benzene rings is 1. The Morgan fingerprint density at radius 3 is 2.54 bits per heavy atom. The first kappa shape index (κ1) is 15.3. The summed E-state index contributed by atoms with van der Waals surface area (Å²) in [4.78, 5) is 26.6. The van der Waals surface area contributed by atoms with Crippen LogP contribution in [-0.4, -0.2) is 41.6 Å². The van der Waals surface area contributed by atoms with Gasteiger partial charge in [-0.1, -0.05) is 37.8 Å². The Bertz CT molecular complexity index is 652. The Hall–Kier alpha value is -2.24. The van der Waals surface area contributed by atoms with Crippen molar-refractivity contribution in [3.05, 3.63) is 24.3 Å². The molecule has 4 rings (SSSR count). The van der Waals surface area contributed by atoms with Crippen LogP contribution in [-0.2, 0) is 4.79 Å². The van der Waals surface area contributed by atoms with Gasteiger partial charge >= 0.3 is 6.03 Å². The molecule has 1 saturated carbocycles. The van der Waals surface area contributed by atoms with Crippen molar-refractivity contribution in [2.75, 3.05) is 13.2 Å². The van der Waals surface area contributed by atoms with Gasteiger partial charge in [-0.3, -0.25) is 9.69 Å². The fraction of sp³-hybridized carbons (Fsp3) is 0.556. The first-order chi connectivity index (χ1) is 11.7. The highest BCUT2D eigenvalue weighted by atomic mass is 16.6. The zero-order chi connectivity index (χ0) is 16.6. The Labute approximate surface area is 141 Å². The van der Waals surface area contributed by atoms with Crippen molar-refractivity contribution in [2.45, 2.75) is 50.2 Å². The van der Waals surface area contributed by atoms with Crippen molar-refractivity contribution in [1.29, 1.82) is 0 Å². The minimum Gasteiger partial charge on any atom is -0.486 e. The highest BCUT2D eigenvalue weighted by Gasteiger charge is 2.51. The minimum atomic E-state index is -0.693. The number of fused-ring (bicyclic) bond motifs is 1. The van der Waals surface area contributed by atoms with Gasteiger partial charge in [-0.05, 0) is 25.0 Å². The summed E-state index contributed by atoms with van der Waals surface area (Å²) in [5.41, 5.74) is -0.693. The average molecular weight is 330 g/mol. The third-order valence-corrected chi connectivity index (χ3v) is 5.16. The molecule has 1 unspecified atom stereocenters. The second-order valence-corrected chi connectivity index (χ2v) is 6.84. The van der Waals surface area contributed by atoms with Crippen LogP contribution in [0.15, 0.2) is 24.3 Å². The van der Waals surface area contributed by atoms with E-state index in [1.807, 2.05) is 24.3 Å². The summed E-state index contributed by atoms with van der Waals surface area (Å²) in [5, 5.41) is 2.96. The predicted octanol–water partition coefficient (Wildman–Crippen LogP) is 2.47. The first-order valence-corrected chi connectivity index (χ1v) is 8.71. The smallest absolute Gasteiger partial charge is 0.325 e. The summed E-state index contributed by atoms with van der Waals surface area (Å²) < 4.78 is 11.6. The number of hydrogen-bond acceptors (Lipinski definition) is 4.